The predicted molar refractivity (Wildman–Crippen MR) is 84.1 cm³/mol. The molecule has 0 atom stereocenters. The van der Waals surface area contributed by atoms with Crippen molar-refractivity contribution in [2.75, 3.05) is 7.11 Å². The van der Waals surface area contributed by atoms with Gasteiger partial charge >= 0.3 is 5.97 Å². The van der Waals surface area contributed by atoms with E-state index >= 15 is 0 Å². The van der Waals surface area contributed by atoms with Crippen molar-refractivity contribution in [3.8, 4) is 0 Å². The molecule has 0 heterocycles. The van der Waals surface area contributed by atoms with Crippen molar-refractivity contribution >= 4 is 11.8 Å². The van der Waals surface area contributed by atoms with Gasteiger partial charge < -0.3 is 4.74 Å². The summed E-state index contributed by atoms with van der Waals surface area (Å²) in [6, 6.07) is 14.3. The molecule has 0 amide bonds. The largest absolute Gasteiger partial charge is 0.469 e. The van der Waals surface area contributed by atoms with Crippen LogP contribution < -0.4 is 0 Å². The van der Waals surface area contributed by atoms with E-state index in [9.17, 15) is 9.59 Å². The summed E-state index contributed by atoms with van der Waals surface area (Å²) >= 11 is 0. The van der Waals surface area contributed by atoms with Gasteiger partial charge in [0.1, 0.15) is 0 Å². The number of methoxy groups -OCH3 is 1. The second kappa shape index (κ2) is 6.14. The summed E-state index contributed by atoms with van der Waals surface area (Å²) in [6.45, 7) is 0. The van der Waals surface area contributed by atoms with Gasteiger partial charge in [-0.05, 0) is 41.2 Å². The van der Waals surface area contributed by atoms with Crippen LogP contribution in [0.15, 0.2) is 42.5 Å². The lowest BCUT2D eigenvalue weighted by atomic mass is 9.85. The number of carbonyl (C=O) groups is 2. The molecule has 3 heteroatoms. The van der Waals surface area contributed by atoms with Crippen molar-refractivity contribution in [1.29, 1.82) is 0 Å². The van der Waals surface area contributed by atoms with E-state index in [1.807, 2.05) is 18.2 Å². The van der Waals surface area contributed by atoms with Gasteiger partial charge in [-0.1, -0.05) is 36.4 Å². The van der Waals surface area contributed by atoms with E-state index in [0.717, 1.165) is 12.8 Å². The molecule has 2 aromatic carbocycles. The molecule has 0 saturated heterocycles. The van der Waals surface area contributed by atoms with Crippen LogP contribution in [0, 0.1) is 0 Å². The molecule has 1 aliphatic carbocycles. The quantitative estimate of drug-likeness (QED) is 0.547. The number of rotatable bonds is 4. The van der Waals surface area contributed by atoms with Gasteiger partial charge in [0.25, 0.3) is 0 Å². The van der Waals surface area contributed by atoms with Gasteiger partial charge in [0.05, 0.1) is 13.5 Å². The number of ether oxygens (including phenoxy) is 1. The monoisotopic (exact) mass is 294 g/mol. The van der Waals surface area contributed by atoms with E-state index in [1.54, 1.807) is 0 Å². The van der Waals surface area contributed by atoms with Gasteiger partial charge in [0.15, 0.2) is 5.78 Å². The van der Waals surface area contributed by atoms with Gasteiger partial charge in [-0.25, -0.2) is 0 Å². The third-order valence-corrected chi connectivity index (χ3v) is 4.19. The summed E-state index contributed by atoms with van der Waals surface area (Å²) in [6.07, 6.45) is 2.11. The van der Waals surface area contributed by atoms with Crippen molar-refractivity contribution in [1.82, 2.24) is 0 Å². The van der Waals surface area contributed by atoms with E-state index in [4.69, 9.17) is 0 Å². The molecule has 0 radical (unpaired) electrons. The van der Waals surface area contributed by atoms with Gasteiger partial charge in [-0.15, -0.1) is 0 Å². The van der Waals surface area contributed by atoms with Crippen LogP contribution >= 0.6 is 0 Å². The zero-order valence-corrected chi connectivity index (χ0v) is 12.6. The SMILES string of the molecule is COC(=O)CCC(=O)c1ccc2c(c1)Cc1ccccc1C2. The zero-order chi connectivity index (χ0) is 15.5. The fourth-order valence-corrected chi connectivity index (χ4v) is 2.91. The maximum atomic E-state index is 12.2. The minimum atomic E-state index is -0.347. The minimum absolute atomic E-state index is 0.00735. The zero-order valence-electron chi connectivity index (χ0n) is 12.6. The average molecular weight is 294 g/mol. The highest BCUT2D eigenvalue weighted by molar-refractivity contribution is 5.97. The third-order valence-electron chi connectivity index (χ3n) is 4.19. The van der Waals surface area contributed by atoms with Crippen LogP contribution in [0.5, 0.6) is 0 Å². The highest BCUT2D eigenvalue weighted by Crippen LogP contribution is 2.28. The lowest BCUT2D eigenvalue weighted by Gasteiger charge is -2.20. The van der Waals surface area contributed by atoms with Gasteiger partial charge in [0.2, 0.25) is 0 Å². The Morgan fingerprint density at radius 3 is 2.23 bits per heavy atom. The molecule has 0 saturated carbocycles. The van der Waals surface area contributed by atoms with Gasteiger partial charge in [-0.3, -0.25) is 9.59 Å². The highest BCUT2D eigenvalue weighted by atomic mass is 16.5. The maximum Gasteiger partial charge on any atom is 0.305 e. The molecular weight excluding hydrogens is 276 g/mol. The molecule has 112 valence electrons. The Hall–Kier alpha value is -2.42. The Balaban J connectivity index is 1.78. The number of fused-ring (bicyclic) bond motifs is 2. The van der Waals surface area contributed by atoms with Crippen LogP contribution in [-0.4, -0.2) is 18.9 Å². The summed E-state index contributed by atoms with van der Waals surface area (Å²) in [5.74, 6) is -0.354. The normalized spacial score (nSPS) is 12.2. The lowest BCUT2D eigenvalue weighted by Crippen LogP contribution is -2.10. The molecule has 0 spiro atoms. The van der Waals surface area contributed by atoms with Crippen molar-refractivity contribution in [3.63, 3.8) is 0 Å². The van der Waals surface area contributed by atoms with Crippen LogP contribution in [0.25, 0.3) is 0 Å². The van der Waals surface area contributed by atoms with Crippen LogP contribution in [0.4, 0.5) is 0 Å². The Labute approximate surface area is 129 Å². The highest BCUT2D eigenvalue weighted by Gasteiger charge is 2.17. The Morgan fingerprint density at radius 2 is 1.55 bits per heavy atom. The van der Waals surface area contributed by atoms with Crippen LogP contribution in [0.3, 0.4) is 0 Å². The maximum absolute atomic E-state index is 12.2. The van der Waals surface area contributed by atoms with Gasteiger partial charge in [-0.2, -0.15) is 0 Å². The Bertz CT molecular complexity index is 731. The number of esters is 1. The first-order valence-electron chi connectivity index (χ1n) is 7.46. The molecule has 0 bridgehead atoms. The first-order valence-corrected chi connectivity index (χ1v) is 7.46. The van der Waals surface area contributed by atoms with E-state index < -0.39 is 0 Å². The molecule has 0 aromatic heterocycles. The Morgan fingerprint density at radius 1 is 0.909 bits per heavy atom. The molecule has 0 aliphatic heterocycles. The number of benzene rings is 2. The molecule has 0 N–H and O–H groups in total. The second-order valence-electron chi connectivity index (χ2n) is 5.61. The van der Waals surface area contributed by atoms with Crippen LogP contribution in [-0.2, 0) is 22.4 Å². The van der Waals surface area contributed by atoms with Crippen molar-refractivity contribution < 1.29 is 14.3 Å². The summed E-state index contributed by atoms with van der Waals surface area (Å²) in [5, 5.41) is 0. The third kappa shape index (κ3) is 2.93. The Kier molecular flexibility index (Phi) is 4.05. The van der Waals surface area contributed by atoms with Crippen LogP contribution in [0.2, 0.25) is 0 Å². The molecule has 3 rings (SSSR count). The van der Waals surface area contributed by atoms with Gasteiger partial charge in [0, 0.05) is 12.0 Å². The number of hydrogen-bond acceptors (Lipinski definition) is 3. The number of hydrogen-bond donors (Lipinski definition) is 0. The van der Waals surface area contributed by atoms with E-state index in [2.05, 4.69) is 29.0 Å². The molecule has 0 fully saturated rings. The first-order chi connectivity index (χ1) is 10.7. The second-order valence-corrected chi connectivity index (χ2v) is 5.61. The molecule has 3 nitrogen and oxygen atoms in total. The van der Waals surface area contributed by atoms with E-state index in [0.29, 0.717) is 5.56 Å². The number of carbonyl (C=O) groups excluding carboxylic acids is 2. The standard InChI is InChI=1S/C19H18O3/c1-22-19(21)9-8-18(20)16-7-6-15-10-13-4-2-3-5-14(13)11-17(15)12-16/h2-7,12H,8-11H2,1H3. The smallest absolute Gasteiger partial charge is 0.305 e. The van der Waals surface area contributed by atoms with E-state index in [1.165, 1.54) is 29.4 Å². The van der Waals surface area contributed by atoms with E-state index in [-0.39, 0.29) is 24.6 Å². The van der Waals surface area contributed by atoms with Crippen molar-refractivity contribution in [2.45, 2.75) is 25.7 Å². The lowest BCUT2D eigenvalue weighted by molar-refractivity contribution is -0.140. The summed E-state index contributed by atoms with van der Waals surface area (Å²) < 4.78 is 4.57. The van der Waals surface area contributed by atoms with Crippen LogP contribution in [0.1, 0.15) is 45.5 Å². The predicted octanol–water partition coefficient (Wildman–Crippen LogP) is 3.32. The molecule has 2 aromatic rings. The fraction of sp³-hybridized carbons (Fsp3) is 0.263. The summed E-state index contributed by atoms with van der Waals surface area (Å²) in [4.78, 5) is 23.3. The van der Waals surface area contributed by atoms with Crippen molar-refractivity contribution in [3.05, 3.63) is 70.3 Å². The topological polar surface area (TPSA) is 43.4 Å². The average Bonchev–Trinajstić information content (AvgIpc) is 2.56. The summed E-state index contributed by atoms with van der Waals surface area (Å²) in [5.41, 5.74) is 5.86. The summed E-state index contributed by atoms with van der Waals surface area (Å²) in [7, 11) is 1.34. The molecular formula is C19H18O3. The number of Topliss-reactive ketones (excluding diaryl/α,β-unsaturated/α-hetero) is 1. The minimum Gasteiger partial charge on any atom is -0.469 e. The molecule has 1 aliphatic rings. The first kappa shape index (κ1) is 14.5. The fourth-order valence-electron chi connectivity index (χ4n) is 2.91. The number of ketones is 1. The molecule has 22 heavy (non-hydrogen) atoms. The molecule has 0 unspecified atom stereocenters. The van der Waals surface area contributed by atoms with Crippen molar-refractivity contribution in [2.24, 2.45) is 0 Å².